The summed E-state index contributed by atoms with van der Waals surface area (Å²) < 4.78 is 80.6. The molecule has 0 saturated carbocycles. The molecule has 1 heterocycles. The van der Waals surface area contributed by atoms with Gasteiger partial charge < -0.3 is 42.6 Å². The van der Waals surface area contributed by atoms with Crippen LogP contribution in [-0.4, -0.2) is 94.5 Å². The van der Waals surface area contributed by atoms with Crippen molar-refractivity contribution in [3.05, 3.63) is 226 Å². The van der Waals surface area contributed by atoms with Gasteiger partial charge in [-0.2, -0.15) is 20.4 Å². The number of unbranched alkanes of at least 4 members (excludes halogenated alkanes) is 2. The summed E-state index contributed by atoms with van der Waals surface area (Å²) in [6.07, 6.45) is 7.78. The number of halogens is 2. The number of hydrogen-bond donors (Lipinski definition) is 0. The van der Waals surface area contributed by atoms with E-state index < -0.39 is 41.5 Å². The number of hydrogen-bond acceptors (Lipinski definition) is 18. The third-order valence-corrected chi connectivity index (χ3v) is 13.5. The van der Waals surface area contributed by atoms with Crippen molar-refractivity contribution < 1.29 is 75.4 Å². The highest BCUT2D eigenvalue weighted by molar-refractivity contribution is 6.02. The molecule has 1 aliphatic rings. The Kier molecular flexibility index (Phi) is 21.7. The molecule has 0 aliphatic carbocycles. The predicted molar refractivity (Wildman–Crippen MR) is 334 cm³/mol. The number of fused-ring (bicyclic) bond motifs is 1. The molecule has 1 unspecified atom stereocenters. The standard InChI is InChI=1S/C70H60F2N4O14/c1-6-7-8-28-85-67(78)47-13-11-45(12-14-47)46-17-21-56(22-18-46)87-70(81)59-25-24-58(88-66(77)43(2)3)34-52(59)38-73-74-39-53-35-61(72)54(36-60(53)71)40-75-76-41-55-31-44(4)10-26-62(55)89-69(80)51-20-27-63(64(37-51)82-5)90-68(79)50-16-15-49-33-57(23-19-48(49)32-50)83-29-9-30-84-65-42-86-65/h10-27,31-41,65H,2,6-9,28-30,42H2,1,3-5H3/b73-38+,74-39+,75-40+,76-41+. The highest BCUT2D eigenvalue weighted by Gasteiger charge is 2.23. The second kappa shape index (κ2) is 30.7. The number of epoxide rings is 1. The quantitative estimate of drug-likeness (QED) is 0.00889. The second-order valence-electron chi connectivity index (χ2n) is 20.4. The number of aryl methyl sites for hydroxylation is 1. The van der Waals surface area contributed by atoms with Crippen molar-refractivity contribution in [3.8, 4) is 45.6 Å². The van der Waals surface area contributed by atoms with Crippen molar-refractivity contribution in [2.24, 2.45) is 20.4 Å². The summed E-state index contributed by atoms with van der Waals surface area (Å²) in [5.74, 6) is -3.93. The molecule has 90 heavy (non-hydrogen) atoms. The van der Waals surface area contributed by atoms with Gasteiger partial charge in [-0.3, -0.25) is 0 Å². The van der Waals surface area contributed by atoms with E-state index in [1.165, 1.54) is 56.6 Å². The Balaban J connectivity index is 0.803. The third kappa shape index (κ3) is 17.7. The molecule has 8 aromatic carbocycles. The van der Waals surface area contributed by atoms with Crippen LogP contribution in [0.15, 0.2) is 184 Å². The van der Waals surface area contributed by atoms with E-state index in [0.717, 1.165) is 77.5 Å². The molecule has 458 valence electrons. The van der Waals surface area contributed by atoms with Gasteiger partial charge in [-0.05, 0) is 151 Å². The van der Waals surface area contributed by atoms with E-state index in [-0.39, 0.29) is 74.0 Å². The maximum absolute atomic E-state index is 15.4. The number of carbonyl (C=O) groups excluding carboxylic acids is 5. The molecule has 0 bridgehead atoms. The van der Waals surface area contributed by atoms with E-state index >= 15 is 8.78 Å². The first kappa shape index (κ1) is 63.7. The van der Waals surface area contributed by atoms with Crippen molar-refractivity contribution >= 4 is 65.5 Å². The molecule has 1 saturated heterocycles. The number of benzene rings is 8. The maximum Gasteiger partial charge on any atom is 0.344 e. The van der Waals surface area contributed by atoms with Crippen molar-refractivity contribution in [3.63, 3.8) is 0 Å². The lowest BCUT2D eigenvalue weighted by atomic mass is 10.0. The van der Waals surface area contributed by atoms with Gasteiger partial charge in [0.15, 0.2) is 17.8 Å². The summed E-state index contributed by atoms with van der Waals surface area (Å²) in [6.45, 7) is 10.9. The molecular formula is C70H60F2N4O14. The van der Waals surface area contributed by atoms with E-state index in [0.29, 0.717) is 49.7 Å². The first-order valence-corrected chi connectivity index (χ1v) is 28.5. The Morgan fingerprint density at radius 1 is 0.533 bits per heavy atom. The van der Waals surface area contributed by atoms with Gasteiger partial charge in [0, 0.05) is 34.2 Å². The molecule has 0 amide bonds. The number of rotatable bonds is 27. The molecule has 1 fully saturated rings. The van der Waals surface area contributed by atoms with E-state index in [2.05, 4.69) is 33.9 Å². The SMILES string of the molecule is C=C(C)C(=O)Oc1ccc(C(=O)Oc2ccc(-c3ccc(C(=O)OCCCCC)cc3)cc2)c(/C=N/N=C/c2cc(F)c(/C=N/N=C/c3cc(C)ccc3OC(=O)c3ccc(OC(=O)c4ccc5cc(OCCCOC6CO6)ccc5c4)c(OC)c3)cc2F)c1. The van der Waals surface area contributed by atoms with E-state index in [1.54, 1.807) is 91.9 Å². The van der Waals surface area contributed by atoms with Crippen LogP contribution in [0.1, 0.15) is 109 Å². The van der Waals surface area contributed by atoms with Crippen LogP contribution in [0.2, 0.25) is 0 Å². The monoisotopic (exact) mass is 1220 g/mol. The van der Waals surface area contributed by atoms with Crippen LogP contribution in [0.25, 0.3) is 21.9 Å². The zero-order valence-electron chi connectivity index (χ0n) is 49.4. The normalized spacial score (nSPS) is 12.8. The maximum atomic E-state index is 15.4. The van der Waals surface area contributed by atoms with Crippen LogP contribution in [0.4, 0.5) is 8.78 Å². The lowest BCUT2D eigenvalue weighted by Gasteiger charge is -2.12. The van der Waals surface area contributed by atoms with E-state index in [9.17, 15) is 24.0 Å². The Hall–Kier alpha value is -10.8. The minimum Gasteiger partial charge on any atom is -0.493 e. The fourth-order valence-electron chi connectivity index (χ4n) is 8.62. The summed E-state index contributed by atoms with van der Waals surface area (Å²) in [5, 5.41) is 17.4. The van der Waals surface area contributed by atoms with Crippen molar-refractivity contribution in [1.82, 2.24) is 0 Å². The van der Waals surface area contributed by atoms with Crippen molar-refractivity contribution in [2.75, 3.05) is 33.5 Å². The fourth-order valence-corrected chi connectivity index (χ4v) is 8.62. The third-order valence-electron chi connectivity index (χ3n) is 13.5. The number of esters is 5. The number of carbonyl (C=O) groups is 5. The molecule has 0 spiro atoms. The van der Waals surface area contributed by atoms with Crippen LogP contribution in [0.3, 0.4) is 0 Å². The Morgan fingerprint density at radius 3 is 1.78 bits per heavy atom. The smallest absolute Gasteiger partial charge is 0.344 e. The van der Waals surface area contributed by atoms with Crippen molar-refractivity contribution in [2.45, 2.75) is 52.7 Å². The zero-order chi connectivity index (χ0) is 63.5. The molecule has 9 rings (SSSR count). The summed E-state index contributed by atoms with van der Waals surface area (Å²) in [4.78, 5) is 65.3. The molecule has 0 aromatic heterocycles. The minimum atomic E-state index is -0.890. The lowest BCUT2D eigenvalue weighted by Crippen LogP contribution is -2.13. The minimum absolute atomic E-state index is 0.00240. The lowest BCUT2D eigenvalue weighted by molar-refractivity contribution is -0.130. The van der Waals surface area contributed by atoms with Gasteiger partial charge in [0.05, 0.1) is 74.0 Å². The average Bonchev–Trinajstić information content (AvgIpc) is 1.16. The molecular weight excluding hydrogens is 1160 g/mol. The van der Waals surface area contributed by atoms with E-state index in [1.807, 2.05) is 18.2 Å². The Labute approximate surface area is 516 Å². The zero-order valence-corrected chi connectivity index (χ0v) is 49.4. The Morgan fingerprint density at radius 2 is 1.11 bits per heavy atom. The Bertz CT molecular complexity index is 4100. The molecule has 20 heteroatoms. The van der Waals surface area contributed by atoms with Gasteiger partial charge in [0.1, 0.15) is 41.2 Å². The predicted octanol–water partition coefficient (Wildman–Crippen LogP) is 13.6. The number of methoxy groups -OCH3 is 1. The first-order valence-electron chi connectivity index (χ1n) is 28.5. The summed E-state index contributed by atoms with van der Waals surface area (Å²) in [7, 11) is 1.36. The molecule has 1 aliphatic heterocycles. The second-order valence-corrected chi connectivity index (χ2v) is 20.4. The highest BCUT2D eigenvalue weighted by Crippen LogP contribution is 2.32. The van der Waals surface area contributed by atoms with Crippen molar-refractivity contribution in [1.29, 1.82) is 0 Å². The highest BCUT2D eigenvalue weighted by atomic mass is 19.1. The van der Waals surface area contributed by atoms with Crippen LogP contribution < -0.4 is 28.4 Å². The fraction of sp³-hybridized carbons (Fsp3) is 0.186. The average molecular weight is 1220 g/mol. The number of ether oxygens (including phenoxy) is 9. The largest absolute Gasteiger partial charge is 0.493 e. The van der Waals surface area contributed by atoms with Crippen LogP contribution in [0.5, 0.6) is 34.5 Å². The topological polar surface area (TPSA) is 221 Å². The van der Waals surface area contributed by atoms with Crippen LogP contribution in [-0.2, 0) is 19.0 Å². The van der Waals surface area contributed by atoms with Gasteiger partial charge >= 0.3 is 29.8 Å². The van der Waals surface area contributed by atoms with E-state index in [4.69, 9.17) is 42.6 Å². The van der Waals surface area contributed by atoms with Crippen LogP contribution >= 0.6 is 0 Å². The van der Waals surface area contributed by atoms with Gasteiger partial charge in [-0.25, -0.2) is 32.8 Å². The van der Waals surface area contributed by atoms with Gasteiger partial charge in [0.2, 0.25) is 0 Å². The number of nitrogens with zero attached hydrogens (tertiary/aromatic N) is 4. The molecule has 8 aromatic rings. The molecule has 18 nitrogen and oxygen atoms in total. The van der Waals surface area contributed by atoms with Gasteiger partial charge in [-0.15, -0.1) is 0 Å². The summed E-state index contributed by atoms with van der Waals surface area (Å²) >= 11 is 0. The molecule has 0 N–H and O–H groups in total. The molecule has 0 radical (unpaired) electrons. The summed E-state index contributed by atoms with van der Waals surface area (Å²) in [6, 6.07) is 39.3. The molecule has 1 atom stereocenters. The van der Waals surface area contributed by atoms with Gasteiger partial charge in [-0.1, -0.05) is 74.4 Å². The summed E-state index contributed by atoms with van der Waals surface area (Å²) in [5.41, 5.74) is 3.18. The first-order chi connectivity index (χ1) is 43.6. The van der Waals surface area contributed by atoms with Gasteiger partial charge in [0.25, 0.3) is 0 Å². The van der Waals surface area contributed by atoms with Crippen LogP contribution in [0, 0.1) is 18.6 Å².